The Labute approximate surface area is 113 Å². The molecule has 5 heteroatoms. The van der Waals surface area contributed by atoms with E-state index in [1.807, 2.05) is 12.1 Å². The number of imidazole rings is 1. The van der Waals surface area contributed by atoms with Crippen molar-refractivity contribution in [2.75, 3.05) is 20.6 Å². The minimum Gasteiger partial charge on any atom is -0.309 e. The predicted octanol–water partition coefficient (Wildman–Crippen LogP) is 2.68. The van der Waals surface area contributed by atoms with Gasteiger partial charge in [0.2, 0.25) is 0 Å². The van der Waals surface area contributed by atoms with E-state index in [1.54, 1.807) is 6.20 Å². The zero-order chi connectivity index (χ0) is 13.1. The van der Waals surface area contributed by atoms with Crippen LogP contribution in [0.2, 0.25) is 0 Å². The molecule has 2 rings (SSSR count). The molecule has 0 saturated heterocycles. The van der Waals surface area contributed by atoms with Gasteiger partial charge in [0.15, 0.2) is 5.65 Å². The number of halogens is 1. The van der Waals surface area contributed by atoms with Crippen LogP contribution in [0.3, 0.4) is 0 Å². The number of nitrogens with zero attached hydrogens (tertiary/aromatic N) is 4. The number of fused-ring (bicyclic) bond motifs is 1. The molecule has 0 saturated carbocycles. The number of hydrogen-bond acceptors (Lipinski definition) is 3. The molecule has 0 aromatic carbocycles. The van der Waals surface area contributed by atoms with Crippen molar-refractivity contribution in [2.24, 2.45) is 0 Å². The van der Waals surface area contributed by atoms with Gasteiger partial charge in [-0.15, -0.1) is 11.6 Å². The fraction of sp³-hybridized carbons (Fsp3) is 0.538. The summed E-state index contributed by atoms with van der Waals surface area (Å²) < 4.78 is 2.16. The maximum absolute atomic E-state index is 5.99. The van der Waals surface area contributed by atoms with Crippen LogP contribution in [-0.4, -0.2) is 40.1 Å². The summed E-state index contributed by atoms with van der Waals surface area (Å²) in [7, 11) is 4.17. The lowest BCUT2D eigenvalue weighted by Crippen LogP contribution is -2.18. The molecule has 0 spiro atoms. The van der Waals surface area contributed by atoms with Gasteiger partial charge >= 0.3 is 0 Å². The van der Waals surface area contributed by atoms with E-state index in [-0.39, 0.29) is 0 Å². The summed E-state index contributed by atoms with van der Waals surface area (Å²) >= 11 is 5.99. The lowest BCUT2D eigenvalue weighted by molar-refractivity contribution is 0.358. The van der Waals surface area contributed by atoms with E-state index in [1.165, 1.54) is 0 Å². The Balaban J connectivity index is 2.35. The minimum absolute atomic E-state index is 0.348. The van der Waals surface area contributed by atoms with E-state index in [0.29, 0.717) is 11.9 Å². The zero-order valence-corrected chi connectivity index (χ0v) is 11.9. The quantitative estimate of drug-likeness (QED) is 0.781. The van der Waals surface area contributed by atoms with Gasteiger partial charge in [-0.05, 0) is 46.1 Å². The SMILES string of the molecule is CC(CCN(C)C)n1c(CCl)nc2cccnc21. The topological polar surface area (TPSA) is 34.0 Å². The van der Waals surface area contributed by atoms with Gasteiger partial charge in [0.05, 0.1) is 5.88 Å². The smallest absolute Gasteiger partial charge is 0.160 e. The fourth-order valence-corrected chi connectivity index (χ4v) is 2.30. The van der Waals surface area contributed by atoms with E-state index in [9.17, 15) is 0 Å². The van der Waals surface area contributed by atoms with Crippen molar-refractivity contribution >= 4 is 22.8 Å². The Hall–Kier alpha value is -1.13. The molecule has 1 atom stereocenters. The van der Waals surface area contributed by atoms with Gasteiger partial charge < -0.3 is 9.47 Å². The second kappa shape index (κ2) is 5.67. The largest absolute Gasteiger partial charge is 0.309 e. The number of alkyl halides is 1. The average Bonchev–Trinajstić information content (AvgIpc) is 2.74. The van der Waals surface area contributed by atoms with Crippen LogP contribution in [-0.2, 0) is 5.88 Å². The Morgan fingerprint density at radius 3 is 2.89 bits per heavy atom. The molecule has 0 aliphatic heterocycles. The third-order valence-corrected chi connectivity index (χ3v) is 3.32. The van der Waals surface area contributed by atoms with Crippen LogP contribution in [0.15, 0.2) is 18.3 Å². The molecule has 4 nitrogen and oxygen atoms in total. The maximum atomic E-state index is 5.99. The van der Waals surface area contributed by atoms with Crippen LogP contribution in [0, 0.1) is 0 Å². The first kappa shape index (κ1) is 13.3. The van der Waals surface area contributed by atoms with Gasteiger partial charge in [-0.3, -0.25) is 0 Å². The summed E-state index contributed by atoms with van der Waals surface area (Å²) in [4.78, 5) is 11.1. The lowest BCUT2D eigenvalue weighted by Gasteiger charge is -2.18. The molecule has 2 aromatic rings. The van der Waals surface area contributed by atoms with Crippen LogP contribution in [0.25, 0.3) is 11.2 Å². The molecule has 98 valence electrons. The van der Waals surface area contributed by atoms with Gasteiger partial charge in [-0.2, -0.15) is 0 Å². The highest BCUT2D eigenvalue weighted by molar-refractivity contribution is 6.16. The molecule has 0 aliphatic carbocycles. The van der Waals surface area contributed by atoms with Crippen LogP contribution in [0.1, 0.15) is 25.2 Å². The van der Waals surface area contributed by atoms with Crippen molar-refractivity contribution in [3.8, 4) is 0 Å². The third-order valence-electron chi connectivity index (χ3n) is 3.08. The van der Waals surface area contributed by atoms with E-state index in [2.05, 4.69) is 40.5 Å². The van der Waals surface area contributed by atoms with Crippen molar-refractivity contribution < 1.29 is 0 Å². The summed E-state index contributed by atoms with van der Waals surface area (Å²) in [5, 5.41) is 0. The summed E-state index contributed by atoms with van der Waals surface area (Å²) in [5.41, 5.74) is 1.85. The van der Waals surface area contributed by atoms with E-state index < -0.39 is 0 Å². The van der Waals surface area contributed by atoms with E-state index >= 15 is 0 Å². The summed E-state index contributed by atoms with van der Waals surface area (Å²) in [6.07, 6.45) is 2.86. The summed E-state index contributed by atoms with van der Waals surface area (Å²) in [6.45, 7) is 3.23. The van der Waals surface area contributed by atoms with Crippen molar-refractivity contribution in [2.45, 2.75) is 25.3 Å². The highest BCUT2D eigenvalue weighted by Gasteiger charge is 2.15. The first-order valence-corrected chi connectivity index (χ1v) is 6.69. The van der Waals surface area contributed by atoms with Crippen LogP contribution >= 0.6 is 11.6 Å². The van der Waals surface area contributed by atoms with Crippen molar-refractivity contribution in [1.29, 1.82) is 0 Å². The van der Waals surface area contributed by atoms with Crippen molar-refractivity contribution in [3.05, 3.63) is 24.2 Å². The van der Waals surface area contributed by atoms with Gasteiger partial charge in [-0.1, -0.05) is 0 Å². The van der Waals surface area contributed by atoms with Crippen LogP contribution < -0.4 is 0 Å². The first-order chi connectivity index (χ1) is 8.63. The standard InChI is InChI=1S/C13H19ClN4/c1-10(6-8-17(2)3)18-12(9-14)16-11-5-4-7-15-13(11)18/h4-5,7,10H,6,8-9H2,1-3H3. The summed E-state index contributed by atoms with van der Waals surface area (Å²) in [6, 6.07) is 4.23. The first-order valence-electron chi connectivity index (χ1n) is 6.16. The average molecular weight is 267 g/mol. The molecule has 0 N–H and O–H groups in total. The molecule has 0 radical (unpaired) electrons. The molecule has 18 heavy (non-hydrogen) atoms. The van der Waals surface area contributed by atoms with Gasteiger partial charge in [0, 0.05) is 12.2 Å². The number of rotatable bonds is 5. The molecule has 0 aliphatic rings. The highest BCUT2D eigenvalue weighted by atomic mass is 35.5. The van der Waals surface area contributed by atoms with E-state index in [0.717, 1.165) is 30.0 Å². The monoisotopic (exact) mass is 266 g/mol. The summed E-state index contributed by atoms with van der Waals surface area (Å²) in [5.74, 6) is 1.32. The Kier molecular flexibility index (Phi) is 4.19. The highest BCUT2D eigenvalue weighted by Crippen LogP contribution is 2.22. The molecule has 0 amide bonds. The molecule has 0 fully saturated rings. The number of hydrogen-bond donors (Lipinski definition) is 0. The minimum atomic E-state index is 0.348. The van der Waals surface area contributed by atoms with Gasteiger partial charge in [-0.25, -0.2) is 9.97 Å². The lowest BCUT2D eigenvalue weighted by atomic mass is 10.2. The second-order valence-electron chi connectivity index (χ2n) is 4.82. The molecular weight excluding hydrogens is 248 g/mol. The fourth-order valence-electron chi connectivity index (χ4n) is 2.11. The predicted molar refractivity (Wildman–Crippen MR) is 75.0 cm³/mol. The maximum Gasteiger partial charge on any atom is 0.160 e. The molecule has 2 aromatic heterocycles. The number of aromatic nitrogens is 3. The van der Waals surface area contributed by atoms with Gasteiger partial charge in [0.25, 0.3) is 0 Å². The Bertz CT molecular complexity index is 521. The molecule has 2 heterocycles. The van der Waals surface area contributed by atoms with Crippen molar-refractivity contribution in [3.63, 3.8) is 0 Å². The Morgan fingerprint density at radius 2 is 2.22 bits per heavy atom. The third kappa shape index (κ3) is 2.65. The van der Waals surface area contributed by atoms with Crippen LogP contribution in [0.4, 0.5) is 0 Å². The molecular formula is C13H19ClN4. The van der Waals surface area contributed by atoms with Gasteiger partial charge in [0.1, 0.15) is 11.3 Å². The van der Waals surface area contributed by atoms with Crippen LogP contribution in [0.5, 0.6) is 0 Å². The normalized spacial score (nSPS) is 13.4. The van der Waals surface area contributed by atoms with E-state index in [4.69, 9.17) is 11.6 Å². The molecule has 0 bridgehead atoms. The molecule has 1 unspecified atom stereocenters. The Morgan fingerprint density at radius 1 is 1.44 bits per heavy atom. The van der Waals surface area contributed by atoms with Crippen molar-refractivity contribution in [1.82, 2.24) is 19.4 Å². The number of pyridine rings is 1. The zero-order valence-electron chi connectivity index (χ0n) is 11.1. The second-order valence-corrected chi connectivity index (χ2v) is 5.09.